The van der Waals surface area contributed by atoms with E-state index in [0.29, 0.717) is 11.4 Å². The highest BCUT2D eigenvalue weighted by Gasteiger charge is 2.30. The molecule has 2 aromatic carbocycles. The molecule has 0 bridgehead atoms. The third-order valence-electron chi connectivity index (χ3n) is 4.16. The molecule has 0 saturated heterocycles. The monoisotopic (exact) mass is 398 g/mol. The first-order valence-electron chi connectivity index (χ1n) is 8.48. The Hall–Kier alpha value is -3.81. The van der Waals surface area contributed by atoms with E-state index in [1.807, 2.05) is 0 Å². The van der Waals surface area contributed by atoms with E-state index in [2.05, 4.69) is 10.3 Å². The van der Waals surface area contributed by atoms with Gasteiger partial charge in [0.1, 0.15) is 5.76 Å². The molecule has 0 spiro atoms. The summed E-state index contributed by atoms with van der Waals surface area (Å²) < 4.78 is 49.3. The van der Waals surface area contributed by atoms with Crippen molar-refractivity contribution in [1.82, 2.24) is 4.98 Å². The number of anilines is 1. The van der Waals surface area contributed by atoms with Crippen LogP contribution in [0, 0.1) is 0 Å². The summed E-state index contributed by atoms with van der Waals surface area (Å²) in [5.74, 6) is 0.230. The van der Waals surface area contributed by atoms with Crippen molar-refractivity contribution in [3.63, 3.8) is 0 Å². The zero-order valence-electron chi connectivity index (χ0n) is 14.7. The van der Waals surface area contributed by atoms with Crippen molar-refractivity contribution >= 4 is 11.6 Å². The lowest BCUT2D eigenvalue weighted by Gasteiger charge is -2.07. The van der Waals surface area contributed by atoms with Gasteiger partial charge in [-0.3, -0.25) is 4.79 Å². The number of furan rings is 1. The van der Waals surface area contributed by atoms with E-state index in [-0.39, 0.29) is 17.1 Å². The van der Waals surface area contributed by atoms with Crippen LogP contribution in [-0.4, -0.2) is 10.9 Å². The van der Waals surface area contributed by atoms with Crippen LogP contribution in [0.15, 0.2) is 82.1 Å². The van der Waals surface area contributed by atoms with Crippen LogP contribution in [-0.2, 0) is 6.18 Å². The molecule has 29 heavy (non-hydrogen) atoms. The van der Waals surface area contributed by atoms with Gasteiger partial charge in [0.2, 0.25) is 0 Å². The molecule has 146 valence electrons. The number of nitrogens with zero attached hydrogens (tertiary/aromatic N) is 1. The second-order valence-electron chi connectivity index (χ2n) is 6.14. The van der Waals surface area contributed by atoms with Crippen LogP contribution in [0.5, 0.6) is 0 Å². The fourth-order valence-corrected chi connectivity index (χ4v) is 2.73. The van der Waals surface area contributed by atoms with E-state index >= 15 is 0 Å². The Bertz CT molecular complexity index is 1130. The molecule has 0 radical (unpaired) electrons. The zero-order chi connectivity index (χ0) is 20.4. The maximum atomic E-state index is 12.9. The van der Waals surface area contributed by atoms with Gasteiger partial charge in [-0.25, -0.2) is 4.98 Å². The van der Waals surface area contributed by atoms with Crippen molar-refractivity contribution in [2.24, 2.45) is 0 Å². The van der Waals surface area contributed by atoms with Gasteiger partial charge in [0.05, 0.1) is 11.8 Å². The Balaban J connectivity index is 1.49. The number of carbonyl (C=O) groups excluding carboxylic acids is 1. The number of alkyl halides is 3. The lowest BCUT2D eigenvalue weighted by Crippen LogP contribution is -2.10. The van der Waals surface area contributed by atoms with Crippen molar-refractivity contribution in [2.75, 3.05) is 5.32 Å². The van der Waals surface area contributed by atoms with Crippen molar-refractivity contribution in [1.29, 1.82) is 0 Å². The maximum absolute atomic E-state index is 12.9. The maximum Gasteiger partial charge on any atom is 0.416 e. The summed E-state index contributed by atoms with van der Waals surface area (Å²) in [5.41, 5.74) is 0.764. The smallest absolute Gasteiger partial charge is 0.416 e. The van der Waals surface area contributed by atoms with Gasteiger partial charge in [-0.1, -0.05) is 12.1 Å². The molecule has 4 rings (SSSR count). The number of aromatic nitrogens is 1. The molecular weight excluding hydrogens is 385 g/mol. The topological polar surface area (TPSA) is 68.3 Å². The van der Waals surface area contributed by atoms with Crippen molar-refractivity contribution < 1.29 is 26.8 Å². The van der Waals surface area contributed by atoms with Crippen molar-refractivity contribution in [3.8, 4) is 22.6 Å². The Kier molecular flexibility index (Phi) is 4.67. The van der Waals surface area contributed by atoms with Gasteiger partial charge in [-0.15, -0.1) is 0 Å². The average molecular weight is 398 g/mol. The third kappa shape index (κ3) is 4.06. The molecule has 5 nitrogen and oxygen atoms in total. The van der Waals surface area contributed by atoms with Gasteiger partial charge in [0.15, 0.2) is 17.9 Å². The summed E-state index contributed by atoms with van der Waals surface area (Å²) in [4.78, 5) is 16.2. The minimum atomic E-state index is -4.46. The number of halogens is 3. The van der Waals surface area contributed by atoms with E-state index in [0.717, 1.165) is 17.7 Å². The largest absolute Gasteiger partial charge is 0.451 e. The molecule has 0 atom stereocenters. The molecule has 2 aromatic heterocycles. The highest BCUT2D eigenvalue weighted by molar-refractivity contribution is 6.02. The second kappa shape index (κ2) is 7.31. The number of hydrogen-bond acceptors (Lipinski definition) is 4. The van der Waals surface area contributed by atoms with Gasteiger partial charge >= 0.3 is 6.18 Å². The van der Waals surface area contributed by atoms with E-state index in [1.165, 1.54) is 30.7 Å². The molecule has 1 amide bonds. The zero-order valence-corrected chi connectivity index (χ0v) is 14.7. The lowest BCUT2D eigenvalue weighted by molar-refractivity contribution is -0.137. The molecule has 1 N–H and O–H groups in total. The van der Waals surface area contributed by atoms with Gasteiger partial charge in [-0.05, 0) is 48.5 Å². The lowest BCUT2D eigenvalue weighted by atomic mass is 10.1. The van der Waals surface area contributed by atoms with Crippen LogP contribution in [0.25, 0.3) is 22.6 Å². The molecular formula is C21H13F3N2O3. The first kappa shape index (κ1) is 18.5. The number of amides is 1. The standard InChI is InChI=1S/C21H13F3N2O3/c22-21(23,24)15-3-1-2-14(10-15)17-8-9-18(29-17)20(27)26-16-6-4-13(5-7-16)19-11-25-12-28-19/h1-12H,(H,26,27). The SMILES string of the molecule is O=C(Nc1ccc(-c2cnco2)cc1)c1ccc(-c2cccc(C(F)(F)F)c2)o1. The number of nitrogens with one attached hydrogen (secondary N) is 1. The quantitative estimate of drug-likeness (QED) is 0.467. The van der Waals surface area contributed by atoms with E-state index in [4.69, 9.17) is 8.83 Å². The Labute approximate surface area is 162 Å². The first-order chi connectivity index (χ1) is 13.9. The second-order valence-corrected chi connectivity index (χ2v) is 6.14. The van der Waals surface area contributed by atoms with Crippen LogP contribution in [0.2, 0.25) is 0 Å². The van der Waals surface area contributed by atoms with Gasteiger partial charge in [0, 0.05) is 16.8 Å². The summed E-state index contributed by atoms with van der Waals surface area (Å²) >= 11 is 0. The molecule has 0 aliphatic rings. The van der Waals surface area contributed by atoms with Gasteiger partial charge in [-0.2, -0.15) is 13.2 Å². The van der Waals surface area contributed by atoms with Gasteiger partial charge < -0.3 is 14.2 Å². The number of hydrogen-bond donors (Lipinski definition) is 1. The van der Waals surface area contributed by atoms with E-state index in [1.54, 1.807) is 30.5 Å². The Morgan fingerprint density at radius 2 is 1.72 bits per heavy atom. The molecule has 0 aliphatic carbocycles. The van der Waals surface area contributed by atoms with E-state index < -0.39 is 17.6 Å². The summed E-state index contributed by atoms with van der Waals surface area (Å²) in [6.07, 6.45) is -1.56. The highest BCUT2D eigenvalue weighted by atomic mass is 19.4. The summed E-state index contributed by atoms with van der Waals surface area (Å²) in [6, 6.07) is 14.5. The van der Waals surface area contributed by atoms with Crippen molar-refractivity contribution in [3.05, 3.63) is 84.6 Å². The average Bonchev–Trinajstić information content (AvgIpc) is 3.40. The molecule has 0 saturated carbocycles. The number of benzene rings is 2. The van der Waals surface area contributed by atoms with Gasteiger partial charge in [0.25, 0.3) is 5.91 Å². The molecule has 8 heteroatoms. The molecule has 0 unspecified atom stereocenters. The van der Waals surface area contributed by atoms with Crippen molar-refractivity contribution in [2.45, 2.75) is 6.18 Å². The predicted molar refractivity (Wildman–Crippen MR) is 99.0 cm³/mol. The Morgan fingerprint density at radius 1 is 0.931 bits per heavy atom. The van der Waals surface area contributed by atoms with Crippen LogP contribution < -0.4 is 5.32 Å². The minimum Gasteiger partial charge on any atom is -0.451 e. The molecule has 0 aliphatic heterocycles. The first-order valence-corrected chi connectivity index (χ1v) is 8.48. The van der Waals surface area contributed by atoms with E-state index in [9.17, 15) is 18.0 Å². The molecule has 2 heterocycles. The predicted octanol–water partition coefficient (Wildman–Crippen LogP) is 5.87. The number of oxazole rings is 1. The van der Waals surface area contributed by atoms with Crippen LogP contribution in [0.4, 0.5) is 18.9 Å². The fraction of sp³-hybridized carbons (Fsp3) is 0.0476. The van der Waals surface area contributed by atoms with Crippen LogP contribution in [0.3, 0.4) is 0 Å². The fourth-order valence-electron chi connectivity index (χ4n) is 2.73. The number of carbonyl (C=O) groups is 1. The summed E-state index contributed by atoms with van der Waals surface area (Å²) in [5, 5.41) is 2.67. The molecule has 4 aromatic rings. The van der Waals surface area contributed by atoms with Crippen LogP contribution >= 0.6 is 0 Å². The highest BCUT2D eigenvalue weighted by Crippen LogP contribution is 2.32. The van der Waals surface area contributed by atoms with Crippen LogP contribution in [0.1, 0.15) is 16.1 Å². The number of rotatable bonds is 4. The normalized spacial score (nSPS) is 11.4. The third-order valence-corrected chi connectivity index (χ3v) is 4.16. The molecule has 0 fully saturated rings. The summed E-state index contributed by atoms with van der Waals surface area (Å²) in [7, 11) is 0. The minimum absolute atomic E-state index is 0.0169. The Morgan fingerprint density at radius 3 is 2.41 bits per heavy atom. The summed E-state index contributed by atoms with van der Waals surface area (Å²) in [6.45, 7) is 0.